The van der Waals surface area contributed by atoms with E-state index in [2.05, 4.69) is 4.90 Å². The quantitative estimate of drug-likeness (QED) is 0.382. The van der Waals surface area contributed by atoms with Crippen LogP contribution in [-0.2, 0) is 11.3 Å². The van der Waals surface area contributed by atoms with Crippen LogP contribution in [0.25, 0.3) is 0 Å². The first-order chi connectivity index (χ1) is 14.8. The Kier molecular flexibility index (Phi) is 6.96. The summed E-state index contributed by atoms with van der Waals surface area (Å²) in [4.78, 5) is 38.2. The number of nitro benzene ring substituents is 1. The zero-order valence-corrected chi connectivity index (χ0v) is 17.4. The monoisotopic (exact) mass is 429 g/mol. The van der Waals surface area contributed by atoms with Gasteiger partial charge in [-0.3, -0.25) is 24.6 Å². The van der Waals surface area contributed by atoms with E-state index in [4.69, 9.17) is 4.74 Å². The van der Waals surface area contributed by atoms with E-state index in [1.807, 2.05) is 13.8 Å². The van der Waals surface area contributed by atoms with Crippen LogP contribution >= 0.6 is 0 Å². The van der Waals surface area contributed by atoms with Gasteiger partial charge < -0.3 is 9.64 Å². The first kappa shape index (κ1) is 22.4. The molecule has 2 aromatic carbocycles. The largest absolute Gasteiger partial charge is 0.483 e. The highest BCUT2D eigenvalue weighted by atomic mass is 19.1. The van der Waals surface area contributed by atoms with Gasteiger partial charge in [0, 0.05) is 43.9 Å². The summed E-state index contributed by atoms with van der Waals surface area (Å²) >= 11 is 0. The number of aldehydes is 1. The molecule has 1 aliphatic rings. The number of carbonyl (C=O) groups is 2. The highest BCUT2D eigenvalue weighted by Gasteiger charge is 2.32. The molecule has 0 spiro atoms. The maximum absolute atomic E-state index is 13.1. The summed E-state index contributed by atoms with van der Waals surface area (Å²) in [6, 6.07) is 10.1. The van der Waals surface area contributed by atoms with E-state index in [9.17, 15) is 24.1 Å². The molecule has 2 aromatic rings. The molecule has 1 heterocycles. The number of non-ortho nitro benzene ring substituents is 1. The Balaban J connectivity index is 1.59. The van der Waals surface area contributed by atoms with Gasteiger partial charge in [-0.1, -0.05) is 12.1 Å². The lowest BCUT2D eigenvalue weighted by Gasteiger charge is -2.44. The fourth-order valence-electron chi connectivity index (χ4n) is 3.69. The van der Waals surface area contributed by atoms with Crippen LogP contribution in [0.15, 0.2) is 42.5 Å². The van der Waals surface area contributed by atoms with Crippen LogP contribution in [-0.4, -0.2) is 58.7 Å². The summed E-state index contributed by atoms with van der Waals surface area (Å²) in [6.45, 7) is 5.53. The third kappa shape index (κ3) is 5.43. The number of nitro groups is 1. The lowest BCUT2D eigenvalue weighted by Crippen LogP contribution is -2.58. The number of rotatable bonds is 7. The standard InChI is InChI=1S/C22H24FN3O5/c1-15-11-25(16(2)10-24(15)12-17-3-5-19(23)6-4-17)22(28)14-31-21-8-7-20(26(29)30)9-18(21)13-27/h3-9,13,15-16H,10-12,14H2,1-2H3. The topological polar surface area (TPSA) is 93.0 Å². The minimum absolute atomic E-state index is 0.0209. The fraction of sp³-hybridized carbons (Fsp3) is 0.364. The smallest absolute Gasteiger partial charge is 0.270 e. The number of benzene rings is 2. The average Bonchev–Trinajstić information content (AvgIpc) is 2.75. The highest BCUT2D eigenvalue weighted by Crippen LogP contribution is 2.23. The van der Waals surface area contributed by atoms with Gasteiger partial charge >= 0.3 is 0 Å². The van der Waals surface area contributed by atoms with Crippen molar-refractivity contribution in [3.63, 3.8) is 0 Å². The Labute approximate surface area is 179 Å². The van der Waals surface area contributed by atoms with Crippen molar-refractivity contribution in [3.8, 4) is 5.75 Å². The molecular formula is C22H24FN3O5. The molecule has 1 aliphatic heterocycles. The van der Waals surface area contributed by atoms with Gasteiger partial charge in [0.15, 0.2) is 12.9 Å². The summed E-state index contributed by atoms with van der Waals surface area (Å²) in [7, 11) is 0. The van der Waals surface area contributed by atoms with Gasteiger partial charge in [-0.2, -0.15) is 0 Å². The zero-order chi connectivity index (χ0) is 22.5. The molecule has 8 nitrogen and oxygen atoms in total. The number of amides is 1. The van der Waals surface area contributed by atoms with Crippen molar-refractivity contribution in [2.45, 2.75) is 32.5 Å². The first-order valence-electron chi connectivity index (χ1n) is 9.93. The lowest BCUT2D eigenvalue weighted by molar-refractivity contribution is -0.384. The summed E-state index contributed by atoms with van der Waals surface area (Å²) < 4.78 is 18.6. The third-order valence-electron chi connectivity index (χ3n) is 5.42. The van der Waals surface area contributed by atoms with E-state index in [1.54, 1.807) is 17.0 Å². The SMILES string of the molecule is CC1CN(C(=O)COc2ccc([N+](=O)[O-])cc2C=O)C(C)CN1Cc1ccc(F)cc1. The van der Waals surface area contributed by atoms with Crippen LogP contribution in [0.3, 0.4) is 0 Å². The molecular weight excluding hydrogens is 405 g/mol. The van der Waals surface area contributed by atoms with Gasteiger partial charge in [0.05, 0.1) is 10.5 Å². The lowest BCUT2D eigenvalue weighted by atomic mass is 10.1. The molecule has 0 N–H and O–H groups in total. The number of hydrogen-bond donors (Lipinski definition) is 0. The van der Waals surface area contributed by atoms with Crippen LogP contribution in [0, 0.1) is 15.9 Å². The van der Waals surface area contributed by atoms with E-state index in [0.717, 1.165) is 11.6 Å². The predicted molar refractivity (Wildman–Crippen MR) is 111 cm³/mol. The second-order valence-corrected chi connectivity index (χ2v) is 7.69. The van der Waals surface area contributed by atoms with Gasteiger partial charge in [0.25, 0.3) is 11.6 Å². The second-order valence-electron chi connectivity index (χ2n) is 7.69. The van der Waals surface area contributed by atoms with E-state index in [0.29, 0.717) is 25.9 Å². The first-order valence-corrected chi connectivity index (χ1v) is 9.93. The van der Waals surface area contributed by atoms with Crippen molar-refractivity contribution in [1.82, 2.24) is 9.80 Å². The number of carbonyl (C=O) groups excluding carboxylic acids is 2. The van der Waals surface area contributed by atoms with Crippen molar-refractivity contribution in [2.75, 3.05) is 19.7 Å². The highest BCUT2D eigenvalue weighted by molar-refractivity contribution is 5.82. The summed E-state index contributed by atoms with van der Waals surface area (Å²) in [6.07, 6.45) is 0.464. The second kappa shape index (κ2) is 9.65. The van der Waals surface area contributed by atoms with E-state index in [1.165, 1.54) is 24.3 Å². The Morgan fingerprint density at radius 2 is 1.90 bits per heavy atom. The van der Waals surface area contributed by atoms with Gasteiger partial charge in [-0.15, -0.1) is 0 Å². The molecule has 0 aliphatic carbocycles. The molecule has 1 amide bonds. The normalized spacial score (nSPS) is 19.1. The minimum atomic E-state index is -0.601. The molecule has 9 heteroatoms. The Bertz CT molecular complexity index is 966. The van der Waals surface area contributed by atoms with E-state index >= 15 is 0 Å². The maximum Gasteiger partial charge on any atom is 0.270 e. The Morgan fingerprint density at radius 1 is 1.19 bits per heavy atom. The van der Waals surface area contributed by atoms with Gasteiger partial charge in [0.2, 0.25) is 0 Å². The minimum Gasteiger partial charge on any atom is -0.483 e. The van der Waals surface area contributed by atoms with Crippen LogP contribution in [0.5, 0.6) is 5.75 Å². The Morgan fingerprint density at radius 3 is 2.55 bits per heavy atom. The van der Waals surface area contributed by atoms with Crippen LogP contribution in [0.4, 0.5) is 10.1 Å². The van der Waals surface area contributed by atoms with Gasteiger partial charge in [-0.25, -0.2) is 4.39 Å². The van der Waals surface area contributed by atoms with Crippen molar-refractivity contribution in [1.29, 1.82) is 0 Å². The van der Waals surface area contributed by atoms with Gasteiger partial charge in [0.1, 0.15) is 11.6 Å². The summed E-state index contributed by atoms with van der Waals surface area (Å²) in [5.74, 6) is -0.369. The number of nitrogens with zero attached hydrogens (tertiary/aromatic N) is 3. The third-order valence-corrected chi connectivity index (χ3v) is 5.42. The Hall–Kier alpha value is -3.33. The molecule has 0 bridgehead atoms. The molecule has 2 unspecified atom stereocenters. The average molecular weight is 429 g/mol. The van der Waals surface area contributed by atoms with Gasteiger partial charge in [-0.05, 0) is 37.6 Å². The predicted octanol–water partition coefficient (Wildman–Crippen LogP) is 3.05. The number of hydrogen-bond acceptors (Lipinski definition) is 6. The number of piperazine rings is 1. The molecule has 164 valence electrons. The van der Waals surface area contributed by atoms with Crippen molar-refractivity contribution < 1.29 is 23.6 Å². The van der Waals surface area contributed by atoms with E-state index < -0.39 is 4.92 Å². The maximum atomic E-state index is 13.1. The molecule has 0 aromatic heterocycles. The van der Waals surface area contributed by atoms with Crippen molar-refractivity contribution >= 4 is 17.9 Å². The zero-order valence-electron chi connectivity index (χ0n) is 17.4. The van der Waals surface area contributed by atoms with Crippen LogP contribution in [0.1, 0.15) is 29.8 Å². The molecule has 31 heavy (non-hydrogen) atoms. The molecule has 0 saturated carbocycles. The van der Waals surface area contributed by atoms with Crippen LogP contribution in [0.2, 0.25) is 0 Å². The number of halogens is 1. The number of ether oxygens (including phenoxy) is 1. The molecule has 0 radical (unpaired) electrons. The van der Waals surface area contributed by atoms with Crippen molar-refractivity contribution in [3.05, 3.63) is 69.5 Å². The fourth-order valence-corrected chi connectivity index (χ4v) is 3.69. The van der Waals surface area contributed by atoms with E-state index in [-0.39, 0.29) is 47.4 Å². The van der Waals surface area contributed by atoms with Crippen LogP contribution < -0.4 is 4.74 Å². The molecule has 1 fully saturated rings. The summed E-state index contributed by atoms with van der Waals surface area (Å²) in [5.41, 5.74) is 0.802. The molecule has 1 saturated heterocycles. The molecule has 2 atom stereocenters. The van der Waals surface area contributed by atoms with Crippen molar-refractivity contribution in [2.24, 2.45) is 0 Å². The summed E-state index contributed by atoms with van der Waals surface area (Å²) in [5, 5.41) is 10.8. The molecule has 3 rings (SSSR count).